The SMILES string of the molecule is Cc1cccc(OCCn2cc(C=C3C(=N)N4N=C(COc5ccccc5C)SC4=NC3=O)c3ccccc32)c1. The molecule has 8 nitrogen and oxygen atoms in total. The summed E-state index contributed by atoms with van der Waals surface area (Å²) in [5, 5.41) is 16.7. The lowest BCUT2D eigenvalue weighted by Gasteiger charge is -2.20. The van der Waals surface area contributed by atoms with Gasteiger partial charge in [0.15, 0.2) is 5.84 Å². The number of carbonyl (C=O) groups is 1. The van der Waals surface area contributed by atoms with Gasteiger partial charge < -0.3 is 14.0 Å². The minimum Gasteiger partial charge on any atom is -0.492 e. The Kier molecular flexibility index (Phi) is 6.96. The number of ether oxygens (including phenoxy) is 2. The quantitative estimate of drug-likeness (QED) is 0.271. The van der Waals surface area contributed by atoms with Gasteiger partial charge in [0.2, 0.25) is 5.17 Å². The molecule has 9 heteroatoms. The third-order valence-corrected chi connectivity index (χ3v) is 7.53. The highest BCUT2D eigenvalue weighted by atomic mass is 32.2. The Balaban J connectivity index is 1.21. The second-order valence-electron chi connectivity index (χ2n) is 9.53. The van der Waals surface area contributed by atoms with Crippen molar-refractivity contribution in [3.63, 3.8) is 0 Å². The minimum absolute atomic E-state index is 0.00648. The van der Waals surface area contributed by atoms with Crippen molar-refractivity contribution in [3.8, 4) is 11.5 Å². The summed E-state index contributed by atoms with van der Waals surface area (Å²) in [6.07, 6.45) is 3.72. The number of amidine groups is 2. The van der Waals surface area contributed by atoms with Gasteiger partial charge in [0.25, 0.3) is 5.91 Å². The third kappa shape index (κ3) is 5.15. The van der Waals surface area contributed by atoms with Crippen LogP contribution in [0.1, 0.15) is 16.7 Å². The fourth-order valence-corrected chi connectivity index (χ4v) is 5.44. The molecular formula is C31H27N5O3S. The summed E-state index contributed by atoms with van der Waals surface area (Å²) < 4.78 is 14.0. The lowest BCUT2D eigenvalue weighted by molar-refractivity contribution is -0.114. The molecule has 1 aromatic heterocycles. The van der Waals surface area contributed by atoms with Crippen LogP contribution < -0.4 is 9.47 Å². The first-order chi connectivity index (χ1) is 19.5. The van der Waals surface area contributed by atoms with E-state index in [-0.39, 0.29) is 18.0 Å². The van der Waals surface area contributed by atoms with E-state index in [1.807, 2.05) is 92.8 Å². The molecule has 1 N–H and O–H groups in total. The summed E-state index contributed by atoms with van der Waals surface area (Å²) in [4.78, 5) is 17.3. The minimum atomic E-state index is -0.459. The monoisotopic (exact) mass is 549 g/mol. The van der Waals surface area contributed by atoms with E-state index in [0.717, 1.165) is 39.1 Å². The lowest BCUT2D eigenvalue weighted by Crippen LogP contribution is -2.35. The van der Waals surface area contributed by atoms with Crippen LogP contribution >= 0.6 is 11.8 Å². The smallest absolute Gasteiger partial charge is 0.283 e. The molecule has 0 saturated heterocycles. The van der Waals surface area contributed by atoms with Gasteiger partial charge >= 0.3 is 0 Å². The van der Waals surface area contributed by atoms with Crippen LogP contribution in [0.15, 0.2) is 94.7 Å². The van der Waals surface area contributed by atoms with Crippen LogP contribution in [-0.4, -0.2) is 44.7 Å². The summed E-state index contributed by atoms with van der Waals surface area (Å²) in [5.74, 6) is 1.14. The van der Waals surface area contributed by atoms with Crippen LogP contribution in [0.25, 0.3) is 17.0 Å². The topological polar surface area (TPSA) is 92.3 Å². The summed E-state index contributed by atoms with van der Waals surface area (Å²) in [6, 6.07) is 23.7. The lowest BCUT2D eigenvalue weighted by atomic mass is 10.1. The zero-order valence-corrected chi connectivity index (χ0v) is 22.9. The second-order valence-corrected chi connectivity index (χ2v) is 10.6. The van der Waals surface area contributed by atoms with E-state index < -0.39 is 5.91 Å². The number of carbonyl (C=O) groups excluding carboxylic acids is 1. The maximum absolute atomic E-state index is 13.0. The molecule has 0 saturated carbocycles. The van der Waals surface area contributed by atoms with Gasteiger partial charge in [-0.1, -0.05) is 48.5 Å². The number of hydrogen-bond acceptors (Lipinski definition) is 6. The number of thioether (sulfide) groups is 1. The van der Waals surface area contributed by atoms with Gasteiger partial charge in [0.1, 0.15) is 29.8 Å². The van der Waals surface area contributed by atoms with Crippen molar-refractivity contribution in [1.29, 1.82) is 5.41 Å². The third-order valence-electron chi connectivity index (χ3n) is 6.65. The predicted molar refractivity (Wildman–Crippen MR) is 160 cm³/mol. The van der Waals surface area contributed by atoms with E-state index in [1.54, 1.807) is 6.08 Å². The van der Waals surface area contributed by atoms with E-state index >= 15 is 0 Å². The Morgan fingerprint density at radius 1 is 1.00 bits per heavy atom. The maximum Gasteiger partial charge on any atom is 0.283 e. The first-order valence-corrected chi connectivity index (χ1v) is 13.7. The second kappa shape index (κ2) is 10.9. The standard InChI is InChI=1S/C31H27N5O3S/c1-20-8-7-10-23(16-20)38-15-14-35-18-22(24-11-4-5-12-26(24)35)17-25-29(32)36-31(33-30(25)37)40-28(34-36)19-39-27-13-6-3-9-21(27)2/h3-13,16-18,32H,14-15,19H2,1-2H3. The predicted octanol–water partition coefficient (Wildman–Crippen LogP) is 6.04. The van der Waals surface area contributed by atoms with Gasteiger partial charge in [0.05, 0.1) is 12.1 Å². The van der Waals surface area contributed by atoms with Crippen molar-refractivity contribution < 1.29 is 14.3 Å². The molecule has 6 rings (SSSR count). The Morgan fingerprint density at radius 3 is 2.67 bits per heavy atom. The molecule has 0 bridgehead atoms. The molecule has 0 unspecified atom stereocenters. The van der Waals surface area contributed by atoms with Crippen LogP contribution in [-0.2, 0) is 11.3 Å². The van der Waals surface area contributed by atoms with E-state index in [9.17, 15) is 4.79 Å². The summed E-state index contributed by atoms with van der Waals surface area (Å²) in [6.45, 7) is 5.36. The van der Waals surface area contributed by atoms with Gasteiger partial charge in [-0.2, -0.15) is 15.1 Å². The van der Waals surface area contributed by atoms with Crippen molar-refractivity contribution in [2.24, 2.45) is 10.1 Å². The molecule has 0 spiro atoms. The summed E-state index contributed by atoms with van der Waals surface area (Å²) >= 11 is 1.24. The van der Waals surface area contributed by atoms with Crippen LogP contribution in [0.2, 0.25) is 0 Å². The fourth-order valence-electron chi connectivity index (χ4n) is 4.65. The Bertz CT molecular complexity index is 1740. The molecule has 4 aromatic rings. The Morgan fingerprint density at radius 2 is 1.82 bits per heavy atom. The Hall–Kier alpha value is -4.63. The largest absolute Gasteiger partial charge is 0.492 e. The number of aromatic nitrogens is 1. The molecular weight excluding hydrogens is 522 g/mol. The van der Waals surface area contributed by atoms with Crippen molar-refractivity contribution in [1.82, 2.24) is 9.58 Å². The molecule has 0 fully saturated rings. The number of nitrogens with zero attached hydrogens (tertiary/aromatic N) is 4. The highest BCUT2D eigenvalue weighted by Crippen LogP contribution is 2.31. The average molecular weight is 550 g/mol. The van der Waals surface area contributed by atoms with E-state index in [4.69, 9.17) is 14.9 Å². The number of amides is 1. The molecule has 0 atom stereocenters. The highest BCUT2D eigenvalue weighted by molar-refractivity contribution is 8.27. The number of fused-ring (bicyclic) bond motifs is 2. The van der Waals surface area contributed by atoms with Crippen molar-refractivity contribution in [3.05, 3.63) is 101 Å². The normalized spacial score (nSPS) is 15.8. The molecule has 3 heterocycles. The Labute approximate surface area is 236 Å². The summed E-state index contributed by atoms with van der Waals surface area (Å²) in [5.41, 5.74) is 4.21. The number of nitrogens with one attached hydrogen (secondary N) is 1. The average Bonchev–Trinajstić information content (AvgIpc) is 3.52. The molecule has 2 aliphatic rings. The van der Waals surface area contributed by atoms with Gasteiger partial charge in [-0.15, -0.1) is 0 Å². The number of hydrogen-bond donors (Lipinski definition) is 1. The number of benzene rings is 3. The van der Waals surface area contributed by atoms with Crippen LogP contribution in [0, 0.1) is 19.3 Å². The first-order valence-electron chi connectivity index (χ1n) is 12.9. The zero-order valence-electron chi connectivity index (χ0n) is 22.1. The number of para-hydroxylation sites is 2. The van der Waals surface area contributed by atoms with E-state index in [2.05, 4.69) is 14.7 Å². The van der Waals surface area contributed by atoms with Crippen molar-refractivity contribution in [2.45, 2.75) is 20.4 Å². The molecule has 3 aromatic carbocycles. The molecule has 40 heavy (non-hydrogen) atoms. The van der Waals surface area contributed by atoms with Gasteiger partial charge in [-0.25, -0.2) is 0 Å². The maximum atomic E-state index is 13.0. The number of aliphatic imine (C=N–C) groups is 1. The molecule has 200 valence electrons. The molecule has 0 radical (unpaired) electrons. The van der Waals surface area contributed by atoms with Crippen molar-refractivity contribution >= 4 is 50.7 Å². The van der Waals surface area contributed by atoms with Gasteiger partial charge in [0, 0.05) is 22.7 Å². The molecule has 2 aliphatic heterocycles. The molecule has 1 amide bonds. The first kappa shape index (κ1) is 25.6. The number of hydrazone groups is 1. The molecule has 0 aliphatic carbocycles. The fraction of sp³-hybridized carbons (Fsp3) is 0.161. The van der Waals surface area contributed by atoms with Crippen molar-refractivity contribution in [2.75, 3.05) is 13.2 Å². The summed E-state index contributed by atoms with van der Waals surface area (Å²) in [7, 11) is 0. The van der Waals surface area contributed by atoms with Crippen LogP contribution in [0.5, 0.6) is 11.5 Å². The number of aryl methyl sites for hydroxylation is 2. The highest BCUT2D eigenvalue weighted by Gasteiger charge is 2.36. The van der Waals surface area contributed by atoms with E-state index in [1.165, 1.54) is 16.8 Å². The van der Waals surface area contributed by atoms with Crippen LogP contribution in [0.4, 0.5) is 0 Å². The van der Waals surface area contributed by atoms with Gasteiger partial charge in [-0.3, -0.25) is 10.2 Å². The van der Waals surface area contributed by atoms with E-state index in [0.29, 0.717) is 23.4 Å². The zero-order chi connectivity index (χ0) is 27.6. The number of rotatable bonds is 8. The van der Waals surface area contributed by atoms with Gasteiger partial charge in [-0.05, 0) is 67.1 Å². The van der Waals surface area contributed by atoms with Crippen LogP contribution in [0.3, 0.4) is 0 Å².